The molecule has 1 aliphatic carbocycles. The van der Waals surface area contributed by atoms with Crippen LogP contribution in [0.1, 0.15) is 49.7 Å². The first-order valence-corrected chi connectivity index (χ1v) is 7.33. The zero-order chi connectivity index (χ0) is 17.8. The number of benzene rings is 1. The molecule has 0 saturated heterocycles. The molecule has 1 aromatic rings. The van der Waals surface area contributed by atoms with Crippen LogP contribution in [-0.2, 0) is 4.79 Å². The first kappa shape index (κ1) is 19.4. The van der Waals surface area contributed by atoms with Gasteiger partial charge in [-0.15, -0.1) is 0 Å². The van der Waals surface area contributed by atoms with E-state index in [1.165, 1.54) is 0 Å². The normalized spacial score (nSPS) is 20.5. The number of rotatable bonds is 3. The summed E-state index contributed by atoms with van der Waals surface area (Å²) in [6.45, 7) is 4.05. The van der Waals surface area contributed by atoms with Crippen LogP contribution in [-0.4, -0.2) is 30.3 Å². The maximum Gasteiger partial charge on any atom is 0.490 e. The first-order chi connectivity index (χ1) is 10.6. The molecule has 130 valence electrons. The van der Waals surface area contributed by atoms with Crippen LogP contribution in [0.4, 0.5) is 17.6 Å². The minimum atomic E-state index is -5.08. The second-order valence-corrected chi connectivity index (χ2v) is 5.89. The molecule has 1 aromatic carbocycles. The second kappa shape index (κ2) is 7.77. The van der Waals surface area contributed by atoms with Gasteiger partial charge in [0, 0.05) is 6.04 Å². The van der Waals surface area contributed by atoms with Gasteiger partial charge < -0.3 is 10.4 Å². The van der Waals surface area contributed by atoms with E-state index >= 15 is 0 Å². The maximum atomic E-state index is 13.8. The summed E-state index contributed by atoms with van der Waals surface area (Å²) in [5.74, 6) is -1.98. The zero-order valence-electron chi connectivity index (χ0n) is 13.2. The third-order valence-electron chi connectivity index (χ3n) is 3.91. The lowest BCUT2D eigenvalue weighted by Crippen LogP contribution is -2.37. The largest absolute Gasteiger partial charge is 0.490 e. The Hall–Kier alpha value is -1.63. The summed E-state index contributed by atoms with van der Waals surface area (Å²) in [5, 5.41) is 10.4. The highest BCUT2D eigenvalue weighted by molar-refractivity contribution is 5.73. The van der Waals surface area contributed by atoms with E-state index in [0.29, 0.717) is 12.0 Å². The molecular weight excluding hydrogens is 314 g/mol. The minimum Gasteiger partial charge on any atom is -0.475 e. The maximum absolute atomic E-state index is 13.8. The molecule has 3 nitrogen and oxygen atoms in total. The van der Waals surface area contributed by atoms with Crippen molar-refractivity contribution in [2.75, 3.05) is 7.05 Å². The van der Waals surface area contributed by atoms with E-state index in [4.69, 9.17) is 9.90 Å². The van der Waals surface area contributed by atoms with Gasteiger partial charge in [-0.25, -0.2) is 9.18 Å². The summed E-state index contributed by atoms with van der Waals surface area (Å²) in [7, 11) is 1.99. The van der Waals surface area contributed by atoms with E-state index in [1.807, 2.05) is 27.0 Å². The molecule has 1 aliphatic rings. The predicted octanol–water partition coefficient (Wildman–Crippen LogP) is 4.05. The van der Waals surface area contributed by atoms with Crippen molar-refractivity contribution in [3.05, 3.63) is 35.1 Å². The molecule has 1 fully saturated rings. The monoisotopic (exact) mass is 335 g/mol. The Morgan fingerprint density at radius 2 is 1.83 bits per heavy atom. The van der Waals surface area contributed by atoms with Crippen LogP contribution >= 0.6 is 0 Å². The Morgan fingerprint density at radius 3 is 2.17 bits per heavy atom. The van der Waals surface area contributed by atoms with Gasteiger partial charge in [-0.2, -0.15) is 13.2 Å². The fraction of sp³-hybridized carbons (Fsp3) is 0.562. The van der Waals surface area contributed by atoms with Crippen molar-refractivity contribution < 1.29 is 27.5 Å². The minimum absolute atomic E-state index is 0.0413. The van der Waals surface area contributed by atoms with Gasteiger partial charge in [-0.05, 0) is 48.9 Å². The summed E-state index contributed by atoms with van der Waals surface area (Å²) < 4.78 is 45.5. The first-order valence-electron chi connectivity index (χ1n) is 7.33. The number of carbonyl (C=O) groups is 1. The molecule has 0 amide bonds. The zero-order valence-corrected chi connectivity index (χ0v) is 13.2. The molecule has 23 heavy (non-hydrogen) atoms. The lowest BCUT2D eigenvalue weighted by molar-refractivity contribution is -0.192. The molecule has 7 heteroatoms. The third-order valence-corrected chi connectivity index (χ3v) is 3.91. The lowest BCUT2D eigenvalue weighted by Gasteiger charge is -2.35. The molecule has 0 atom stereocenters. The van der Waals surface area contributed by atoms with Gasteiger partial charge in [0.15, 0.2) is 0 Å². The second-order valence-electron chi connectivity index (χ2n) is 5.89. The van der Waals surface area contributed by atoms with Crippen LogP contribution in [0, 0.1) is 5.82 Å². The van der Waals surface area contributed by atoms with Crippen LogP contribution in [0.2, 0.25) is 0 Å². The van der Waals surface area contributed by atoms with Crippen LogP contribution < -0.4 is 5.32 Å². The van der Waals surface area contributed by atoms with Crippen molar-refractivity contribution in [1.82, 2.24) is 5.32 Å². The van der Waals surface area contributed by atoms with Crippen molar-refractivity contribution >= 4 is 5.97 Å². The van der Waals surface area contributed by atoms with Crippen LogP contribution in [0.15, 0.2) is 18.2 Å². The molecule has 0 unspecified atom stereocenters. The summed E-state index contributed by atoms with van der Waals surface area (Å²) in [5.41, 5.74) is 1.99. The standard InChI is InChI=1S/C14H20FN.C2HF3O2/c1-9(2)13-5-4-10(8-14(13)15)11-6-12(7-11)16-3;3-2(4,5)1(6)7/h4-5,8-9,11-12,16H,6-7H2,1-3H3;(H,6,7). The molecule has 0 aliphatic heterocycles. The fourth-order valence-corrected chi connectivity index (χ4v) is 2.39. The summed E-state index contributed by atoms with van der Waals surface area (Å²) in [6.07, 6.45) is -2.81. The lowest BCUT2D eigenvalue weighted by atomic mass is 9.75. The summed E-state index contributed by atoms with van der Waals surface area (Å²) >= 11 is 0. The molecule has 0 spiro atoms. The average Bonchev–Trinajstić information content (AvgIpc) is 2.36. The quantitative estimate of drug-likeness (QED) is 0.820. The van der Waals surface area contributed by atoms with E-state index in [1.54, 1.807) is 6.07 Å². The van der Waals surface area contributed by atoms with Crippen LogP contribution in [0.25, 0.3) is 0 Å². The Kier molecular flexibility index (Phi) is 6.56. The van der Waals surface area contributed by atoms with E-state index in [9.17, 15) is 17.6 Å². The van der Waals surface area contributed by atoms with Gasteiger partial charge >= 0.3 is 12.1 Å². The number of aliphatic carboxylic acids is 1. The van der Waals surface area contributed by atoms with Crippen LogP contribution in [0.5, 0.6) is 0 Å². The van der Waals surface area contributed by atoms with Gasteiger partial charge in [0.25, 0.3) is 0 Å². The van der Waals surface area contributed by atoms with Crippen LogP contribution in [0.3, 0.4) is 0 Å². The van der Waals surface area contributed by atoms with Gasteiger partial charge in [0.05, 0.1) is 0 Å². The Balaban J connectivity index is 0.000000322. The van der Waals surface area contributed by atoms with Crippen molar-refractivity contribution in [2.24, 2.45) is 0 Å². The third kappa shape index (κ3) is 5.49. The molecule has 0 aromatic heterocycles. The Bertz CT molecular complexity index is 537. The van der Waals surface area contributed by atoms with E-state index in [0.717, 1.165) is 24.0 Å². The van der Waals surface area contributed by atoms with Gasteiger partial charge in [-0.3, -0.25) is 0 Å². The number of hydrogen-bond acceptors (Lipinski definition) is 2. The van der Waals surface area contributed by atoms with Gasteiger partial charge in [0.1, 0.15) is 5.82 Å². The number of hydrogen-bond donors (Lipinski definition) is 2. The highest BCUT2D eigenvalue weighted by Crippen LogP contribution is 2.37. The summed E-state index contributed by atoms with van der Waals surface area (Å²) in [6, 6.07) is 6.39. The molecule has 2 N–H and O–H groups in total. The number of alkyl halides is 3. The molecule has 0 bridgehead atoms. The van der Waals surface area contributed by atoms with E-state index in [2.05, 4.69) is 11.4 Å². The molecule has 0 heterocycles. The van der Waals surface area contributed by atoms with Crippen molar-refractivity contribution in [2.45, 2.75) is 50.7 Å². The number of carboxylic acids is 1. The molecule has 2 rings (SSSR count). The van der Waals surface area contributed by atoms with E-state index in [-0.39, 0.29) is 11.7 Å². The van der Waals surface area contributed by atoms with Gasteiger partial charge in [0.2, 0.25) is 0 Å². The molecular formula is C16H21F4NO2. The average molecular weight is 335 g/mol. The van der Waals surface area contributed by atoms with E-state index < -0.39 is 12.1 Å². The van der Waals surface area contributed by atoms with Crippen molar-refractivity contribution in [3.63, 3.8) is 0 Å². The molecule has 1 saturated carbocycles. The highest BCUT2D eigenvalue weighted by Gasteiger charge is 2.38. The number of carboxylic acid groups (broad SMARTS) is 1. The smallest absolute Gasteiger partial charge is 0.475 e. The fourth-order valence-electron chi connectivity index (χ4n) is 2.39. The summed E-state index contributed by atoms with van der Waals surface area (Å²) in [4.78, 5) is 8.90. The topological polar surface area (TPSA) is 49.3 Å². The number of nitrogens with one attached hydrogen (secondary N) is 1. The Morgan fingerprint density at radius 1 is 1.30 bits per heavy atom. The van der Waals surface area contributed by atoms with Gasteiger partial charge in [-0.1, -0.05) is 26.0 Å². The predicted molar refractivity (Wildman–Crippen MR) is 79.0 cm³/mol. The van der Waals surface area contributed by atoms with Crippen molar-refractivity contribution in [3.8, 4) is 0 Å². The highest BCUT2D eigenvalue weighted by atomic mass is 19.4. The number of halogens is 4. The van der Waals surface area contributed by atoms with Crippen molar-refractivity contribution in [1.29, 1.82) is 0 Å². The Labute approximate surface area is 132 Å². The molecule has 0 radical (unpaired) electrons. The SMILES string of the molecule is CNC1CC(c2ccc(C(C)C)c(F)c2)C1.O=C(O)C(F)(F)F.